The van der Waals surface area contributed by atoms with Gasteiger partial charge in [0.1, 0.15) is 12.4 Å². The van der Waals surface area contributed by atoms with Crippen molar-refractivity contribution in [3.8, 4) is 5.75 Å². The van der Waals surface area contributed by atoms with Gasteiger partial charge < -0.3 is 15.4 Å². The number of ether oxygens (including phenoxy) is 1. The Morgan fingerprint density at radius 1 is 0.964 bits per heavy atom. The number of likely N-dealkylation sites (N-methyl/N-ethyl adjacent to an activating group) is 1. The Hall–Kier alpha value is -2.74. The van der Waals surface area contributed by atoms with Crippen molar-refractivity contribution < 1.29 is 4.74 Å². The van der Waals surface area contributed by atoms with Crippen molar-refractivity contribution in [3.05, 3.63) is 53.5 Å². The Bertz CT molecular complexity index is 1280. The van der Waals surface area contributed by atoms with E-state index in [0.717, 1.165) is 45.5 Å². The minimum atomic E-state index is 0.647. The Balaban J connectivity index is 1.53. The zero-order valence-corrected chi connectivity index (χ0v) is 16.9. The van der Waals surface area contributed by atoms with Gasteiger partial charge in [-0.25, -0.2) is 4.98 Å². The van der Waals surface area contributed by atoms with Crippen molar-refractivity contribution >= 4 is 65.3 Å². The van der Waals surface area contributed by atoms with Gasteiger partial charge in [0.25, 0.3) is 0 Å². The van der Waals surface area contributed by atoms with Crippen molar-refractivity contribution in [2.45, 2.75) is 0 Å². The van der Waals surface area contributed by atoms with Gasteiger partial charge in [-0.05, 0) is 43.4 Å². The van der Waals surface area contributed by atoms with Crippen LogP contribution in [0.5, 0.6) is 5.75 Å². The third kappa shape index (κ3) is 3.17. The molecule has 0 spiro atoms. The number of anilines is 2. The van der Waals surface area contributed by atoms with Crippen LogP contribution in [0.2, 0.25) is 0 Å². The molecular formula is C21H18N4OS2. The highest BCUT2D eigenvalue weighted by atomic mass is 32.1. The molecule has 0 saturated heterocycles. The molecule has 2 aromatic carbocycles. The number of hydrogen-bond donors (Lipinski definition) is 2. The molecule has 3 aromatic heterocycles. The number of rotatable bonds is 6. The van der Waals surface area contributed by atoms with E-state index in [1.807, 2.05) is 24.8 Å². The second-order valence-corrected chi connectivity index (χ2v) is 8.23. The summed E-state index contributed by atoms with van der Waals surface area (Å²) in [6.07, 6.45) is 1.84. The number of thiazole rings is 1. The standard InChI is InChI=1S/C21H18N4OS2/c1-22-6-7-26-19-11-27-21-10-14-16(4-5-23-17(14)9-15(19)21)25-13-2-3-20-18(8-13)24-12-28-20/h2-5,8-12,22H,6-7H2,1H3,(H,23,25). The summed E-state index contributed by atoms with van der Waals surface area (Å²) in [5.41, 5.74) is 5.89. The predicted molar refractivity (Wildman–Crippen MR) is 119 cm³/mol. The molecule has 0 aliphatic rings. The number of nitrogens with one attached hydrogen (secondary N) is 2. The largest absolute Gasteiger partial charge is 0.491 e. The molecule has 5 rings (SSSR count). The maximum Gasteiger partial charge on any atom is 0.137 e. The van der Waals surface area contributed by atoms with Crippen LogP contribution in [0.1, 0.15) is 0 Å². The summed E-state index contributed by atoms with van der Waals surface area (Å²) >= 11 is 3.35. The summed E-state index contributed by atoms with van der Waals surface area (Å²) in [6.45, 7) is 1.47. The van der Waals surface area contributed by atoms with Crippen LogP contribution in [0.15, 0.2) is 53.5 Å². The Kier molecular flexibility index (Phi) is 4.56. The first-order valence-electron chi connectivity index (χ1n) is 8.99. The maximum atomic E-state index is 5.91. The average molecular weight is 407 g/mol. The topological polar surface area (TPSA) is 59.1 Å². The van der Waals surface area contributed by atoms with Crippen LogP contribution in [0, 0.1) is 0 Å². The van der Waals surface area contributed by atoms with Crippen molar-refractivity contribution in [2.75, 3.05) is 25.5 Å². The average Bonchev–Trinajstić information content (AvgIpc) is 3.33. The monoisotopic (exact) mass is 406 g/mol. The molecule has 7 heteroatoms. The van der Waals surface area contributed by atoms with Gasteiger partial charge in [0.15, 0.2) is 0 Å². The van der Waals surface area contributed by atoms with Crippen molar-refractivity contribution in [3.63, 3.8) is 0 Å². The van der Waals surface area contributed by atoms with E-state index in [1.54, 1.807) is 22.7 Å². The number of aromatic nitrogens is 2. The van der Waals surface area contributed by atoms with E-state index in [1.165, 1.54) is 9.40 Å². The fraction of sp³-hybridized carbons (Fsp3) is 0.143. The molecule has 2 N–H and O–H groups in total. The molecule has 0 saturated carbocycles. The Labute approximate surface area is 170 Å². The zero-order valence-electron chi connectivity index (χ0n) is 15.2. The minimum Gasteiger partial charge on any atom is -0.491 e. The van der Waals surface area contributed by atoms with Crippen LogP contribution >= 0.6 is 22.7 Å². The number of hydrogen-bond acceptors (Lipinski definition) is 7. The fourth-order valence-corrected chi connectivity index (χ4v) is 4.78. The van der Waals surface area contributed by atoms with Gasteiger partial charge in [0.2, 0.25) is 0 Å². The maximum absolute atomic E-state index is 5.91. The predicted octanol–water partition coefficient (Wildman–Crippen LogP) is 5.40. The number of fused-ring (bicyclic) bond motifs is 3. The van der Waals surface area contributed by atoms with E-state index in [-0.39, 0.29) is 0 Å². The number of benzene rings is 2. The quantitative estimate of drug-likeness (QED) is 0.370. The third-order valence-corrected chi connectivity index (χ3v) is 6.35. The highest BCUT2D eigenvalue weighted by Crippen LogP contribution is 2.37. The van der Waals surface area contributed by atoms with Crippen molar-refractivity contribution in [1.82, 2.24) is 15.3 Å². The summed E-state index contributed by atoms with van der Waals surface area (Å²) in [5, 5.41) is 10.9. The highest BCUT2D eigenvalue weighted by Gasteiger charge is 2.10. The molecule has 0 aliphatic carbocycles. The van der Waals surface area contributed by atoms with Crippen LogP contribution in [-0.2, 0) is 0 Å². The molecule has 0 amide bonds. The smallest absolute Gasteiger partial charge is 0.137 e. The van der Waals surface area contributed by atoms with Gasteiger partial charge in [-0.2, -0.15) is 0 Å². The summed E-state index contributed by atoms with van der Waals surface area (Å²) in [5.74, 6) is 0.922. The summed E-state index contributed by atoms with van der Waals surface area (Å²) in [4.78, 5) is 8.99. The molecule has 0 fully saturated rings. The van der Waals surface area contributed by atoms with E-state index >= 15 is 0 Å². The normalized spacial score (nSPS) is 11.5. The van der Waals surface area contributed by atoms with E-state index in [0.29, 0.717) is 6.61 Å². The van der Waals surface area contributed by atoms with E-state index < -0.39 is 0 Å². The lowest BCUT2D eigenvalue weighted by Gasteiger charge is -2.10. The van der Waals surface area contributed by atoms with Gasteiger partial charge in [0.05, 0.1) is 21.2 Å². The van der Waals surface area contributed by atoms with Gasteiger partial charge >= 0.3 is 0 Å². The number of pyridine rings is 1. The third-order valence-electron chi connectivity index (χ3n) is 4.62. The molecule has 0 radical (unpaired) electrons. The summed E-state index contributed by atoms with van der Waals surface area (Å²) in [6, 6.07) is 12.6. The molecule has 140 valence electrons. The van der Waals surface area contributed by atoms with Crippen LogP contribution < -0.4 is 15.4 Å². The van der Waals surface area contributed by atoms with Crippen molar-refractivity contribution in [1.29, 1.82) is 0 Å². The lowest BCUT2D eigenvalue weighted by Crippen LogP contribution is -2.15. The highest BCUT2D eigenvalue weighted by molar-refractivity contribution is 7.17. The van der Waals surface area contributed by atoms with E-state index in [4.69, 9.17) is 4.74 Å². The number of thiophene rings is 1. The van der Waals surface area contributed by atoms with E-state index in [2.05, 4.69) is 56.3 Å². The lowest BCUT2D eigenvalue weighted by atomic mass is 10.1. The van der Waals surface area contributed by atoms with Gasteiger partial charge in [0, 0.05) is 45.0 Å². The first kappa shape index (κ1) is 17.4. The van der Waals surface area contributed by atoms with Crippen molar-refractivity contribution in [2.24, 2.45) is 0 Å². The van der Waals surface area contributed by atoms with Crippen LogP contribution in [0.3, 0.4) is 0 Å². The molecule has 0 aliphatic heterocycles. The molecule has 3 heterocycles. The zero-order chi connectivity index (χ0) is 18.9. The van der Waals surface area contributed by atoms with Gasteiger partial charge in [-0.15, -0.1) is 22.7 Å². The van der Waals surface area contributed by atoms with Crippen LogP contribution in [0.4, 0.5) is 11.4 Å². The van der Waals surface area contributed by atoms with Crippen LogP contribution in [-0.4, -0.2) is 30.2 Å². The molecule has 0 atom stereocenters. The molecule has 0 bridgehead atoms. The van der Waals surface area contributed by atoms with Crippen LogP contribution in [0.25, 0.3) is 31.2 Å². The SMILES string of the molecule is CNCCOc1csc2cc3c(Nc4ccc5scnc5c4)ccnc3cc12. The Morgan fingerprint density at radius 2 is 1.93 bits per heavy atom. The summed E-state index contributed by atoms with van der Waals surface area (Å²) in [7, 11) is 1.92. The molecular weight excluding hydrogens is 388 g/mol. The molecule has 0 unspecified atom stereocenters. The second kappa shape index (κ2) is 7.35. The van der Waals surface area contributed by atoms with E-state index in [9.17, 15) is 0 Å². The fourth-order valence-electron chi connectivity index (χ4n) is 3.22. The molecule has 5 aromatic rings. The molecule has 28 heavy (non-hydrogen) atoms. The lowest BCUT2D eigenvalue weighted by molar-refractivity contribution is 0.323. The van der Waals surface area contributed by atoms with Gasteiger partial charge in [-0.3, -0.25) is 4.98 Å². The first-order valence-corrected chi connectivity index (χ1v) is 10.8. The molecule has 5 nitrogen and oxygen atoms in total. The summed E-state index contributed by atoms with van der Waals surface area (Å²) < 4.78 is 8.29. The minimum absolute atomic E-state index is 0.647. The number of nitrogens with zero attached hydrogens (tertiary/aromatic N) is 2. The first-order chi connectivity index (χ1) is 13.8. The Morgan fingerprint density at radius 3 is 2.86 bits per heavy atom. The van der Waals surface area contributed by atoms with Gasteiger partial charge in [-0.1, -0.05) is 0 Å². The second-order valence-electron chi connectivity index (χ2n) is 6.44.